The Morgan fingerprint density at radius 1 is 0.923 bits per heavy atom. The Morgan fingerprint density at radius 2 is 1.58 bits per heavy atom. The van der Waals surface area contributed by atoms with Crippen LogP contribution >= 0.6 is 0 Å². The molecule has 0 amide bonds. The zero-order chi connectivity index (χ0) is 19.5. The summed E-state index contributed by atoms with van der Waals surface area (Å²) in [5, 5.41) is 26.2. The molecule has 0 saturated heterocycles. The molecule has 0 spiro atoms. The molecule has 6 nitrogen and oxygen atoms in total. The van der Waals surface area contributed by atoms with Crippen LogP contribution in [0.2, 0.25) is 0 Å². The van der Waals surface area contributed by atoms with Crippen LogP contribution in [0.25, 0.3) is 0 Å². The van der Waals surface area contributed by atoms with Crippen LogP contribution in [0.1, 0.15) is 64.7 Å². The number of aliphatic carboxylic acids is 1. The van der Waals surface area contributed by atoms with Crippen LogP contribution in [-0.2, 0) is 14.6 Å². The largest absolute Gasteiger partial charge is 0.478 e. The average Bonchev–Trinajstić information content (AvgIpc) is 2.63. The van der Waals surface area contributed by atoms with E-state index < -0.39 is 5.97 Å². The predicted molar refractivity (Wildman–Crippen MR) is 102 cm³/mol. The summed E-state index contributed by atoms with van der Waals surface area (Å²) < 4.78 is 0. The maximum Gasteiger partial charge on any atom is 0.328 e. The standard InChI is InChI=1S/C20H32O6/c1-2-3-8-13-18(25-23)14-9-4-5-10-15-19(26-24)16-11-6-7-12-17-20(21)22/h6-7,11-12,15-18,23-24H,2-5,8-10,13-14H2,1H3,(H,21,22)/b7-6+,16-11+,17-12+,19-15-. The van der Waals surface area contributed by atoms with E-state index in [2.05, 4.69) is 16.7 Å². The van der Waals surface area contributed by atoms with Crippen molar-refractivity contribution in [2.75, 3.05) is 0 Å². The fourth-order valence-electron chi connectivity index (χ4n) is 2.36. The zero-order valence-electron chi connectivity index (χ0n) is 15.5. The third-order valence-electron chi connectivity index (χ3n) is 3.79. The number of unbranched alkanes of at least 4 members (excludes halogenated alkanes) is 5. The van der Waals surface area contributed by atoms with E-state index in [0.717, 1.165) is 63.9 Å². The molecule has 148 valence electrons. The van der Waals surface area contributed by atoms with Gasteiger partial charge in [0.1, 0.15) is 0 Å². The number of allylic oxidation sites excluding steroid dienone is 6. The lowest BCUT2D eigenvalue weighted by Gasteiger charge is -2.12. The Hall–Kier alpha value is -1.89. The van der Waals surface area contributed by atoms with Crippen molar-refractivity contribution >= 4 is 5.97 Å². The van der Waals surface area contributed by atoms with Crippen LogP contribution in [-0.4, -0.2) is 27.7 Å². The Balaban J connectivity index is 3.96. The van der Waals surface area contributed by atoms with E-state index in [9.17, 15) is 4.79 Å². The molecule has 26 heavy (non-hydrogen) atoms. The molecule has 0 rings (SSSR count). The van der Waals surface area contributed by atoms with E-state index >= 15 is 0 Å². The van der Waals surface area contributed by atoms with Gasteiger partial charge in [-0.15, -0.1) is 0 Å². The number of rotatable bonds is 16. The number of carboxylic acids is 1. The Morgan fingerprint density at radius 3 is 2.15 bits per heavy atom. The molecule has 0 bridgehead atoms. The lowest BCUT2D eigenvalue weighted by atomic mass is 10.0. The van der Waals surface area contributed by atoms with E-state index in [1.165, 1.54) is 6.08 Å². The molecule has 0 aliphatic carbocycles. The van der Waals surface area contributed by atoms with Gasteiger partial charge in [-0.2, -0.15) is 0 Å². The van der Waals surface area contributed by atoms with Crippen molar-refractivity contribution in [1.29, 1.82) is 0 Å². The van der Waals surface area contributed by atoms with Crippen molar-refractivity contribution in [3.05, 3.63) is 48.3 Å². The Bertz CT molecular complexity index is 465. The van der Waals surface area contributed by atoms with Crippen molar-refractivity contribution in [2.24, 2.45) is 0 Å². The van der Waals surface area contributed by atoms with Crippen molar-refractivity contribution in [1.82, 2.24) is 0 Å². The van der Waals surface area contributed by atoms with Gasteiger partial charge in [0.05, 0.1) is 6.10 Å². The lowest BCUT2D eigenvalue weighted by molar-refractivity contribution is -0.281. The lowest BCUT2D eigenvalue weighted by Crippen LogP contribution is -2.10. The molecule has 0 radical (unpaired) electrons. The molecule has 0 heterocycles. The predicted octanol–water partition coefficient (Wildman–Crippen LogP) is 5.50. The summed E-state index contributed by atoms with van der Waals surface area (Å²) in [6.45, 7) is 2.15. The maximum atomic E-state index is 10.3. The molecule has 0 aromatic carbocycles. The van der Waals surface area contributed by atoms with Gasteiger partial charge in [0.25, 0.3) is 0 Å². The van der Waals surface area contributed by atoms with Crippen molar-refractivity contribution in [3.63, 3.8) is 0 Å². The van der Waals surface area contributed by atoms with Gasteiger partial charge in [0, 0.05) is 6.08 Å². The summed E-state index contributed by atoms with van der Waals surface area (Å²) in [6.07, 6.45) is 19.4. The van der Waals surface area contributed by atoms with Gasteiger partial charge in [0.15, 0.2) is 5.76 Å². The molecule has 0 saturated carbocycles. The van der Waals surface area contributed by atoms with Crippen molar-refractivity contribution < 1.29 is 30.2 Å². The van der Waals surface area contributed by atoms with Crippen molar-refractivity contribution in [2.45, 2.75) is 70.8 Å². The second kappa shape index (κ2) is 17.9. The van der Waals surface area contributed by atoms with E-state index in [1.54, 1.807) is 30.4 Å². The molecule has 0 fully saturated rings. The smallest absolute Gasteiger partial charge is 0.328 e. The molecule has 0 aliphatic heterocycles. The number of hydrogen-bond acceptors (Lipinski definition) is 5. The SMILES string of the molecule is CCCCCC(CCCCC/C=C(/C=C/C=C/C=C/C(=O)O)OO)OO. The average molecular weight is 368 g/mol. The number of carbonyl (C=O) groups is 1. The van der Waals surface area contributed by atoms with Gasteiger partial charge in [0.2, 0.25) is 0 Å². The molecule has 1 atom stereocenters. The van der Waals surface area contributed by atoms with E-state index in [4.69, 9.17) is 15.6 Å². The summed E-state index contributed by atoms with van der Waals surface area (Å²) >= 11 is 0. The van der Waals surface area contributed by atoms with E-state index in [0.29, 0.717) is 5.76 Å². The first-order chi connectivity index (χ1) is 12.6. The Labute approximate surface area is 156 Å². The van der Waals surface area contributed by atoms with Crippen LogP contribution in [0.4, 0.5) is 0 Å². The first-order valence-electron chi connectivity index (χ1n) is 9.20. The molecule has 0 aliphatic rings. The molecule has 0 aromatic heterocycles. The zero-order valence-corrected chi connectivity index (χ0v) is 15.5. The van der Waals surface area contributed by atoms with Gasteiger partial charge < -0.3 is 9.99 Å². The van der Waals surface area contributed by atoms with E-state index in [1.807, 2.05) is 0 Å². The molecule has 1 unspecified atom stereocenters. The second-order valence-electron chi connectivity index (χ2n) is 6.00. The highest BCUT2D eigenvalue weighted by molar-refractivity contribution is 5.80. The quantitative estimate of drug-likeness (QED) is 0.0831. The van der Waals surface area contributed by atoms with Crippen LogP contribution < -0.4 is 0 Å². The number of carboxylic acid groups (broad SMARTS) is 1. The Kier molecular flexibility index (Phi) is 16.6. The summed E-state index contributed by atoms with van der Waals surface area (Å²) in [5.74, 6) is -0.663. The monoisotopic (exact) mass is 368 g/mol. The normalized spacial score (nSPS) is 13.9. The summed E-state index contributed by atoms with van der Waals surface area (Å²) in [6, 6.07) is 0. The van der Waals surface area contributed by atoms with Crippen molar-refractivity contribution in [3.8, 4) is 0 Å². The first kappa shape index (κ1) is 24.1. The third kappa shape index (κ3) is 15.6. The third-order valence-corrected chi connectivity index (χ3v) is 3.79. The van der Waals surface area contributed by atoms with E-state index in [-0.39, 0.29) is 6.10 Å². The minimum atomic E-state index is -1.00. The molecule has 3 N–H and O–H groups in total. The fraction of sp³-hybridized carbons (Fsp3) is 0.550. The van der Waals surface area contributed by atoms with Crippen LogP contribution in [0, 0.1) is 0 Å². The summed E-state index contributed by atoms with van der Waals surface area (Å²) in [4.78, 5) is 19.1. The molecular formula is C20H32O6. The molecule has 6 heteroatoms. The van der Waals surface area contributed by atoms with Crippen LogP contribution in [0.3, 0.4) is 0 Å². The molecule has 0 aromatic rings. The van der Waals surface area contributed by atoms with Gasteiger partial charge in [-0.3, -0.25) is 5.26 Å². The molecular weight excluding hydrogens is 336 g/mol. The van der Waals surface area contributed by atoms with Crippen LogP contribution in [0.15, 0.2) is 48.3 Å². The van der Waals surface area contributed by atoms with Gasteiger partial charge in [-0.1, -0.05) is 63.3 Å². The topological polar surface area (TPSA) is 96.2 Å². The number of hydrogen-bond donors (Lipinski definition) is 3. The van der Waals surface area contributed by atoms with Gasteiger partial charge in [-0.05, 0) is 37.8 Å². The minimum absolute atomic E-state index is 0.0710. The second-order valence-corrected chi connectivity index (χ2v) is 6.00. The highest BCUT2D eigenvalue weighted by atomic mass is 17.1. The maximum absolute atomic E-state index is 10.3. The first-order valence-corrected chi connectivity index (χ1v) is 9.20. The minimum Gasteiger partial charge on any atom is -0.478 e. The van der Waals surface area contributed by atoms with Gasteiger partial charge in [-0.25, -0.2) is 14.9 Å². The fourth-order valence-corrected chi connectivity index (χ4v) is 2.36. The van der Waals surface area contributed by atoms with Crippen LogP contribution in [0.5, 0.6) is 0 Å². The summed E-state index contributed by atoms with van der Waals surface area (Å²) in [5.41, 5.74) is 0. The van der Waals surface area contributed by atoms with Gasteiger partial charge >= 0.3 is 5.97 Å². The summed E-state index contributed by atoms with van der Waals surface area (Å²) in [7, 11) is 0. The highest BCUT2D eigenvalue weighted by Crippen LogP contribution is 2.14. The highest BCUT2D eigenvalue weighted by Gasteiger charge is 2.07.